The van der Waals surface area contributed by atoms with Crippen LogP contribution < -0.4 is 4.74 Å². The number of hydrogen-bond donors (Lipinski definition) is 0. The fourth-order valence-corrected chi connectivity index (χ4v) is 3.58. The van der Waals surface area contributed by atoms with Gasteiger partial charge in [0.25, 0.3) is 0 Å². The molecule has 1 aromatic carbocycles. The molecule has 1 heterocycles. The zero-order valence-corrected chi connectivity index (χ0v) is 13.3. The zero-order chi connectivity index (χ0) is 15.0. The minimum atomic E-state index is -0.312. The maximum absolute atomic E-state index is 5.97. The smallest absolute Gasteiger partial charge is 0.122 e. The summed E-state index contributed by atoms with van der Waals surface area (Å²) in [5.74, 6) is 1.07. The quantitative estimate of drug-likeness (QED) is 0.841. The average Bonchev–Trinajstić information content (AvgIpc) is 2.38. The summed E-state index contributed by atoms with van der Waals surface area (Å²) in [6, 6.07) is 8.16. The van der Waals surface area contributed by atoms with Crippen LogP contribution in [0.25, 0.3) is 0 Å². The largest absolute Gasteiger partial charge is 0.496 e. The molecule has 1 fully saturated rings. The van der Waals surface area contributed by atoms with Gasteiger partial charge in [-0.2, -0.15) is 0 Å². The Labute approximate surface area is 122 Å². The molecule has 20 heavy (non-hydrogen) atoms. The SMILES string of the molecule is COc1ccccc1C1C(C)(C)O[CH]C(OC)C1(C)C. The Balaban J connectivity index is 2.53. The van der Waals surface area contributed by atoms with Crippen molar-refractivity contribution in [3.63, 3.8) is 0 Å². The number of para-hydroxylation sites is 1. The summed E-state index contributed by atoms with van der Waals surface area (Å²) in [6.07, 6.45) is -0.0505. The molecule has 1 aromatic rings. The van der Waals surface area contributed by atoms with E-state index in [1.165, 1.54) is 5.56 Å². The maximum atomic E-state index is 5.97. The van der Waals surface area contributed by atoms with Crippen LogP contribution in [0.5, 0.6) is 5.75 Å². The highest BCUT2D eigenvalue weighted by atomic mass is 16.5. The van der Waals surface area contributed by atoms with Gasteiger partial charge in [-0.25, -0.2) is 0 Å². The Morgan fingerprint density at radius 1 is 1.05 bits per heavy atom. The first-order valence-electron chi connectivity index (χ1n) is 7.01. The molecular weight excluding hydrogens is 252 g/mol. The van der Waals surface area contributed by atoms with Gasteiger partial charge in [-0.05, 0) is 19.9 Å². The first-order valence-corrected chi connectivity index (χ1v) is 7.01. The summed E-state index contributed by atoms with van der Waals surface area (Å²) in [7, 11) is 3.44. The van der Waals surface area contributed by atoms with Gasteiger partial charge < -0.3 is 14.2 Å². The van der Waals surface area contributed by atoms with E-state index in [4.69, 9.17) is 14.2 Å². The summed E-state index contributed by atoms with van der Waals surface area (Å²) in [4.78, 5) is 0. The number of ether oxygens (including phenoxy) is 3. The van der Waals surface area contributed by atoms with E-state index in [2.05, 4.69) is 33.8 Å². The van der Waals surface area contributed by atoms with Gasteiger partial charge in [-0.15, -0.1) is 0 Å². The van der Waals surface area contributed by atoms with Crippen molar-refractivity contribution in [2.24, 2.45) is 5.41 Å². The minimum absolute atomic E-state index is 0.0505. The van der Waals surface area contributed by atoms with Crippen molar-refractivity contribution < 1.29 is 14.2 Å². The average molecular weight is 277 g/mol. The van der Waals surface area contributed by atoms with E-state index in [0.717, 1.165) is 5.75 Å². The lowest BCUT2D eigenvalue weighted by Crippen LogP contribution is -2.53. The van der Waals surface area contributed by atoms with Crippen molar-refractivity contribution in [2.45, 2.75) is 45.3 Å². The minimum Gasteiger partial charge on any atom is -0.496 e. The van der Waals surface area contributed by atoms with Crippen LogP contribution in [0.4, 0.5) is 0 Å². The number of benzene rings is 1. The lowest BCUT2D eigenvalue weighted by Gasteiger charge is -2.52. The Morgan fingerprint density at radius 2 is 1.70 bits per heavy atom. The van der Waals surface area contributed by atoms with Gasteiger partial charge in [0.1, 0.15) is 12.4 Å². The Kier molecular flexibility index (Phi) is 4.12. The lowest BCUT2D eigenvalue weighted by atomic mass is 9.62. The van der Waals surface area contributed by atoms with Gasteiger partial charge in [-0.3, -0.25) is 0 Å². The molecule has 2 rings (SSSR count). The second kappa shape index (κ2) is 5.38. The van der Waals surface area contributed by atoms with Crippen LogP contribution >= 0.6 is 0 Å². The highest BCUT2D eigenvalue weighted by Crippen LogP contribution is 2.53. The molecule has 0 aliphatic carbocycles. The monoisotopic (exact) mass is 277 g/mol. The van der Waals surface area contributed by atoms with Gasteiger partial charge in [0.2, 0.25) is 0 Å². The summed E-state index contributed by atoms with van der Waals surface area (Å²) in [5.41, 5.74) is 0.762. The van der Waals surface area contributed by atoms with Crippen LogP contribution in [-0.4, -0.2) is 25.9 Å². The molecule has 0 spiro atoms. The third kappa shape index (κ3) is 2.45. The highest BCUT2D eigenvalue weighted by molar-refractivity contribution is 5.40. The second-order valence-corrected chi connectivity index (χ2v) is 6.51. The van der Waals surface area contributed by atoms with Gasteiger partial charge >= 0.3 is 0 Å². The van der Waals surface area contributed by atoms with E-state index in [-0.39, 0.29) is 23.0 Å². The Bertz CT molecular complexity index is 465. The highest BCUT2D eigenvalue weighted by Gasteiger charge is 2.52. The van der Waals surface area contributed by atoms with Crippen molar-refractivity contribution in [3.8, 4) is 5.75 Å². The Hall–Kier alpha value is -1.06. The molecule has 0 N–H and O–H groups in total. The normalized spacial score (nSPS) is 28.1. The van der Waals surface area contributed by atoms with Crippen molar-refractivity contribution in [3.05, 3.63) is 36.4 Å². The Morgan fingerprint density at radius 3 is 2.30 bits per heavy atom. The van der Waals surface area contributed by atoms with Crippen LogP contribution in [-0.2, 0) is 9.47 Å². The molecule has 0 amide bonds. The molecule has 1 aliphatic heterocycles. The van der Waals surface area contributed by atoms with Crippen LogP contribution in [0.3, 0.4) is 0 Å². The van der Waals surface area contributed by atoms with E-state index in [1.807, 2.05) is 24.8 Å². The molecule has 1 saturated heterocycles. The fraction of sp³-hybridized carbons (Fsp3) is 0.588. The summed E-state index contributed by atoms with van der Waals surface area (Å²) in [6.45, 7) is 10.5. The standard InChI is InChI=1S/C17H25O3/c1-16(2)14(19-6)11-20-17(3,4)15(16)12-9-7-8-10-13(12)18-5/h7-11,14-15H,1-6H3. The van der Waals surface area contributed by atoms with Gasteiger partial charge in [0, 0.05) is 24.0 Å². The van der Waals surface area contributed by atoms with E-state index in [9.17, 15) is 0 Å². The van der Waals surface area contributed by atoms with Crippen molar-refractivity contribution in [2.75, 3.05) is 14.2 Å². The molecule has 0 bridgehead atoms. The number of rotatable bonds is 3. The number of methoxy groups -OCH3 is 2. The van der Waals surface area contributed by atoms with E-state index < -0.39 is 0 Å². The number of hydrogen-bond acceptors (Lipinski definition) is 3. The van der Waals surface area contributed by atoms with Crippen LogP contribution in [0.1, 0.15) is 39.2 Å². The summed E-state index contributed by atoms with van der Waals surface area (Å²) < 4.78 is 17.1. The molecule has 2 unspecified atom stereocenters. The van der Waals surface area contributed by atoms with Crippen LogP contribution in [0.2, 0.25) is 0 Å². The first kappa shape index (κ1) is 15.3. The summed E-state index contributed by atoms with van der Waals surface area (Å²) >= 11 is 0. The van der Waals surface area contributed by atoms with E-state index in [1.54, 1.807) is 14.2 Å². The third-order valence-electron chi connectivity index (χ3n) is 4.37. The third-order valence-corrected chi connectivity index (χ3v) is 4.37. The molecule has 2 atom stereocenters. The van der Waals surface area contributed by atoms with Gasteiger partial charge in [0.05, 0.1) is 18.8 Å². The van der Waals surface area contributed by atoms with Gasteiger partial charge in [0.15, 0.2) is 0 Å². The molecule has 1 aliphatic rings. The van der Waals surface area contributed by atoms with Gasteiger partial charge in [-0.1, -0.05) is 32.0 Å². The topological polar surface area (TPSA) is 27.7 Å². The second-order valence-electron chi connectivity index (χ2n) is 6.51. The lowest BCUT2D eigenvalue weighted by molar-refractivity contribution is -0.151. The first-order chi connectivity index (χ1) is 9.34. The molecule has 111 valence electrons. The van der Waals surface area contributed by atoms with E-state index in [0.29, 0.717) is 0 Å². The van der Waals surface area contributed by atoms with E-state index >= 15 is 0 Å². The fourth-order valence-electron chi connectivity index (χ4n) is 3.58. The van der Waals surface area contributed by atoms with Crippen molar-refractivity contribution >= 4 is 0 Å². The molecular formula is C17H25O3. The van der Waals surface area contributed by atoms with Crippen molar-refractivity contribution in [1.29, 1.82) is 0 Å². The summed E-state index contributed by atoms with van der Waals surface area (Å²) in [5, 5.41) is 0. The van der Waals surface area contributed by atoms with Crippen LogP contribution in [0, 0.1) is 12.0 Å². The van der Waals surface area contributed by atoms with Crippen LogP contribution in [0.15, 0.2) is 24.3 Å². The predicted molar refractivity (Wildman–Crippen MR) is 79.8 cm³/mol. The maximum Gasteiger partial charge on any atom is 0.122 e. The molecule has 3 heteroatoms. The predicted octanol–water partition coefficient (Wildman–Crippen LogP) is 3.79. The molecule has 1 radical (unpaired) electrons. The zero-order valence-electron chi connectivity index (χ0n) is 13.3. The van der Waals surface area contributed by atoms with Crippen molar-refractivity contribution in [1.82, 2.24) is 0 Å². The molecule has 0 aromatic heterocycles. The molecule has 0 saturated carbocycles. The molecule has 3 nitrogen and oxygen atoms in total.